The SMILES string of the molecule is CC(C)(C)CCCOCCOCCCC(C)(C)CO. The molecule has 0 aliphatic heterocycles. The Morgan fingerprint density at radius 3 is 1.63 bits per heavy atom. The zero-order valence-electron chi connectivity index (χ0n) is 13.6. The number of rotatable bonds is 11. The standard InChI is InChI=1S/C16H34O3/c1-15(2,3)8-6-10-18-12-13-19-11-7-9-16(4,5)14-17/h17H,6-14H2,1-5H3. The third-order valence-corrected chi connectivity index (χ3v) is 3.16. The first-order chi connectivity index (χ1) is 8.77. The van der Waals surface area contributed by atoms with E-state index in [9.17, 15) is 0 Å². The Labute approximate surface area is 119 Å². The highest BCUT2D eigenvalue weighted by Crippen LogP contribution is 2.21. The second-order valence-electron chi connectivity index (χ2n) is 7.31. The van der Waals surface area contributed by atoms with Crippen molar-refractivity contribution >= 4 is 0 Å². The molecule has 0 amide bonds. The van der Waals surface area contributed by atoms with Crippen molar-refractivity contribution in [2.45, 2.75) is 60.3 Å². The van der Waals surface area contributed by atoms with Crippen LogP contribution in [0.5, 0.6) is 0 Å². The van der Waals surface area contributed by atoms with Crippen molar-refractivity contribution in [1.29, 1.82) is 0 Å². The van der Waals surface area contributed by atoms with E-state index in [1.165, 1.54) is 6.42 Å². The highest BCUT2D eigenvalue weighted by atomic mass is 16.5. The largest absolute Gasteiger partial charge is 0.396 e. The van der Waals surface area contributed by atoms with Gasteiger partial charge < -0.3 is 14.6 Å². The van der Waals surface area contributed by atoms with E-state index in [1.807, 2.05) is 0 Å². The molecule has 0 aromatic carbocycles. The van der Waals surface area contributed by atoms with Crippen LogP contribution in [0, 0.1) is 10.8 Å². The van der Waals surface area contributed by atoms with Gasteiger partial charge in [-0.3, -0.25) is 0 Å². The molecule has 0 radical (unpaired) electrons. The molecule has 0 aliphatic rings. The maximum Gasteiger partial charge on any atom is 0.0700 e. The minimum Gasteiger partial charge on any atom is -0.396 e. The zero-order chi connectivity index (χ0) is 14.8. The molecule has 0 aliphatic carbocycles. The molecule has 19 heavy (non-hydrogen) atoms. The van der Waals surface area contributed by atoms with E-state index in [2.05, 4.69) is 34.6 Å². The molecule has 3 nitrogen and oxygen atoms in total. The summed E-state index contributed by atoms with van der Waals surface area (Å²) in [7, 11) is 0. The van der Waals surface area contributed by atoms with Crippen molar-refractivity contribution in [2.24, 2.45) is 10.8 Å². The van der Waals surface area contributed by atoms with Crippen LogP contribution in [0.15, 0.2) is 0 Å². The number of aliphatic hydroxyl groups is 1. The summed E-state index contributed by atoms with van der Waals surface area (Å²) < 4.78 is 11.0. The van der Waals surface area contributed by atoms with Gasteiger partial charge in [-0.1, -0.05) is 34.6 Å². The van der Waals surface area contributed by atoms with Crippen LogP contribution in [-0.4, -0.2) is 38.1 Å². The van der Waals surface area contributed by atoms with Gasteiger partial charge >= 0.3 is 0 Å². The van der Waals surface area contributed by atoms with Crippen molar-refractivity contribution in [3.05, 3.63) is 0 Å². The van der Waals surface area contributed by atoms with Gasteiger partial charge in [0.15, 0.2) is 0 Å². The van der Waals surface area contributed by atoms with E-state index in [4.69, 9.17) is 14.6 Å². The van der Waals surface area contributed by atoms with Crippen LogP contribution in [0.2, 0.25) is 0 Å². The first kappa shape index (κ1) is 18.9. The van der Waals surface area contributed by atoms with E-state index in [-0.39, 0.29) is 12.0 Å². The van der Waals surface area contributed by atoms with Crippen LogP contribution < -0.4 is 0 Å². The van der Waals surface area contributed by atoms with Crippen molar-refractivity contribution in [1.82, 2.24) is 0 Å². The normalized spacial score (nSPS) is 12.9. The van der Waals surface area contributed by atoms with Gasteiger partial charge in [0.2, 0.25) is 0 Å². The Kier molecular flexibility index (Phi) is 9.67. The summed E-state index contributed by atoms with van der Waals surface area (Å²) in [5, 5.41) is 9.11. The van der Waals surface area contributed by atoms with Crippen LogP contribution in [0.3, 0.4) is 0 Å². The summed E-state index contributed by atoms with van der Waals surface area (Å²) in [6, 6.07) is 0. The highest BCUT2D eigenvalue weighted by molar-refractivity contribution is 4.66. The lowest BCUT2D eigenvalue weighted by molar-refractivity contribution is 0.0384. The average molecular weight is 274 g/mol. The molecule has 3 heteroatoms. The summed E-state index contributed by atoms with van der Waals surface area (Å²) in [5.41, 5.74) is 0.423. The van der Waals surface area contributed by atoms with Gasteiger partial charge in [0.1, 0.15) is 0 Å². The van der Waals surface area contributed by atoms with Gasteiger partial charge in [0, 0.05) is 19.8 Å². The van der Waals surface area contributed by atoms with Gasteiger partial charge in [-0.15, -0.1) is 0 Å². The first-order valence-electron chi connectivity index (χ1n) is 7.53. The lowest BCUT2D eigenvalue weighted by Gasteiger charge is -2.21. The van der Waals surface area contributed by atoms with Crippen LogP contribution in [0.4, 0.5) is 0 Å². The molecule has 0 bridgehead atoms. The monoisotopic (exact) mass is 274 g/mol. The highest BCUT2D eigenvalue weighted by Gasteiger charge is 2.15. The van der Waals surface area contributed by atoms with E-state index in [0.29, 0.717) is 18.6 Å². The average Bonchev–Trinajstić information content (AvgIpc) is 2.30. The van der Waals surface area contributed by atoms with Crippen LogP contribution in [0.25, 0.3) is 0 Å². The fourth-order valence-electron chi connectivity index (χ4n) is 1.76. The third kappa shape index (κ3) is 14.1. The fourth-order valence-corrected chi connectivity index (χ4v) is 1.76. The van der Waals surface area contributed by atoms with Gasteiger partial charge in [0.05, 0.1) is 13.2 Å². The Bertz CT molecular complexity index is 207. The Morgan fingerprint density at radius 1 is 0.737 bits per heavy atom. The summed E-state index contributed by atoms with van der Waals surface area (Å²) in [6.45, 7) is 14.1. The van der Waals surface area contributed by atoms with Crippen LogP contribution >= 0.6 is 0 Å². The predicted octanol–water partition coefficient (Wildman–Crippen LogP) is 3.64. The molecule has 1 N–H and O–H groups in total. The van der Waals surface area contributed by atoms with Crippen LogP contribution in [-0.2, 0) is 9.47 Å². The van der Waals surface area contributed by atoms with E-state index in [1.54, 1.807) is 0 Å². The molecule has 116 valence electrons. The molecule has 0 saturated carbocycles. The smallest absolute Gasteiger partial charge is 0.0700 e. The molecular formula is C16H34O3. The lowest BCUT2D eigenvalue weighted by Crippen LogP contribution is -2.17. The van der Waals surface area contributed by atoms with E-state index in [0.717, 1.165) is 32.5 Å². The van der Waals surface area contributed by atoms with E-state index < -0.39 is 0 Å². The molecule has 0 spiro atoms. The van der Waals surface area contributed by atoms with Crippen LogP contribution in [0.1, 0.15) is 60.3 Å². The van der Waals surface area contributed by atoms with Crippen molar-refractivity contribution in [3.63, 3.8) is 0 Å². The molecule has 0 atom stereocenters. The Balaban J connectivity index is 3.20. The topological polar surface area (TPSA) is 38.7 Å². The molecule has 0 fully saturated rings. The molecule has 0 aromatic heterocycles. The maximum absolute atomic E-state index is 9.11. The summed E-state index contributed by atoms with van der Waals surface area (Å²) in [6.07, 6.45) is 4.31. The molecule has 0 aromatic rings. The molecule has 0 saturated heterocycles. The second kappa shape index (κ2) is 9.73. The summed E-state index contributed by atoms with van der Waals surface area (Å²) in [5.74, 6) is 0. The summed E-state index contributed by atoms with van der Waals surface area (Å²) >= 11 is 0. The Hall–Kier alpha value is -0.120. The third-order valence-electron chi connectivity index (χ3n) is 3.16. The summed E-state index contributed by atoms with van der Waals surface area (Å²) in [4.78, 5) is 0. The number of hydrogen-bond acceptors (Lipinski definition) is 3. The number of aliphatic hydroxyl groups excluding tert-OH is 1. The molecule has 0 unspecified atom stereocenters. The van der Waals surface area contributed by atoms with Gasteiger partial charge in [-0.2, -0.15) is 0 Å². The second-order valence-corrected chi connectivity index (χ2v) is 7.31. The van der Waals surface area contributed by atoms with Gasteiger partial charge in [-0.25, -0.2) is 0 Å². The molecular weight excluding hydrogens is 240 g/mol. The Morgan fingerprint density at radius 2 is 1.21 bits per heavy atom. The minimum absolute atomic E-state index is 0.0207. The maximum atomic E-state index is 9.11. The predicted molar refractivity (Wildman–Crippen MR) is 80.4 cm³/mol. The minimum atomic E-state index is 0.0207. The zero-order valence-corrected chi connectivity index (χ0v) is 13.6. The lowest BCUT2D eigenvalue weighted by atomic mass is 9.89. The molecule has 0 heterocycles. The quantitative estimate of drug-likeness (QED) is 0.585. The van der Waals surface area contributed by atoms with Crippen molar-refractivity contribution in [2.75, 3.05) is 33.0 Å². The molecule has 0 rings (SSSR count). The van der Waals surface area contributed by atoms with Crippen molar-refractivity contribution < 1.29 is 14.6 Å². The number of ether oxygens (including phenoxy) is 2. The van der Waals surface area contributed by atoms with Gasteiger partial charge in [0.25, 0.3) is 0 Å². The van der Waals surface area contributed by atoms with E-state index >= 15 is 0 Å². The number of hydrogen-bond donors (Lipinski definition) is 1. The fraction of sp³-hybridized carbons (Fsp3) is 1.00. The van der Waals surface area contributed by atoms with Crippen molar-refractivity contribution in [3.8, 4) is 0 Å². The first-order valence-corrected chi connectivity index (χ1v) is 7.53. The van der Waals surface area contributed by atoms with Gasteiger partial charge in [-0.05, 0) is 36.5 Å².